The quantitative estimate of drug-likeness (QED) is 0.165. The van der Waals surface area contributed by atoms with Crippen LogP contribution in [0, 0.1) is 11.8 Å². The maximum absolute atomic E-state index is 13.5. The number of nitrogens with one attached hydrogen (secondary N) is 3. The van der Waals surface area contributed by atoms with Gasteiger partial charge in [-0.1, -0.05) is 37.3 Å². The number of amides is 2. The fourth-order valence-corrected chi connectivity index (χ4v) is 4.33. The molecule has 9 heteroatoms. The molecule has 1 aromatic heterocycles. The maximum Gasteiger partial charge on any atom is 0.330 e. The summed E-state index contributed by atoms with van der Waals surface area (Å²) in [5.74, 6) is -1.92. The summed E-state index contributed by atoms with van der Waals surface area (Å²) in [7, 11) is 2.62. The van der Waals surface area contributed by atoms with Gasteiger partial charge in [0, 0.05) is 43.1 Å². The van der Waals surface area contributed by atoms with Crippen molar-refractivity contribution in [1.29, 1.82) is 0 Å². The third kappa shape index (κ3) is 8.45. The Balaban J connectivity index is 1.76. The monoisotopic (exact) mass is 511 g/mol. The molecule has 0 spiro atoms. The zero-order valence-electron chi connectivity index (χ0n) is 20.5. The molecule has 2 heterocycles. The van der Waals surface area contributed by atoms with Crippen molar-refractivity contribution in [1.82, 2.24) is 15.6 Å². The van der Waals surface area contributed by atoms with Crippen molar-refractivity contribution in [3.8, 4) is 0 Å². The van der Waals surface area contributed by atoms with Gasteiger partial charge < -0.3 is 20.4 Å². The van der Waals surface area contributed by atoms with E-state index in [1.54, 1.807) is 24.4 Å². The third-order valence-electron chi connectivity index (χ3n) is 6.10. The van der Waals surface area contributed by atoms with Gasteiger partial charge in [-0.25, -0.2) is 4.79 Å². The van der Waals surface area contributed by atoms with Crippen LogP contribution in [0.1, 0.15) is 48.7 Å². The predicted molar refractivity (Wildman–Crippen MR) is 141 cm³/mol. The van der Waals surface area contributed by atoms with Gasteiger partial charge in [0.2, 0.25) is 11.8 Å². The number of benzene rings is 1. The van der Waals surface area contributed by atoms with E-state index in [0.29, 0.717) is 44.5 Å². The summed E-state index contributed by atoms with van der Waals surface area (Å²) in [4.78, 5) is 53.4. The second kappa shape index (κ2) is 13.7. The molecule has 192 valence electrons. The summed E-state index contributed by atoms with van der Waals surface area (Å²) < 4.78 is 5.10. The smallest absolute Gasteiger partial charge is 0.330 e. The topological polar surface area (TPSA) is 117 Å². The first-order valence-electron chi connectivity index (χ1n) is 12.3. The molecule has 0 saturated carbocycles. The number of carbonyl (C=O) groups is 4. The van der Waals surface area contributed by atoms with E-state index in [2.05, 4.69) is 24.9 Å². The van der Waals surface area contributed by atoms with E-state index in [9.17, 15) is 19.2 Å². The number of rotatable bonds is 13. The lowest BCUT2D eigenvalue weighted by Crippen LogP contribution is -2.41. The largest absolute Gasteiger partial charge is 0.463 e. The molecule has 0 radical (unpaired) electrons. The number of aromatic nitrogens is 1. The Hall–Kier alpha value is -3.25. The van der Waals surface area contributed by atoms with Gasteiger partial charge in [-0.15, -0.1) is 9.24 Å². The molecule has 1 aromatic carbocycles. The first kappa shape index (κ1) is 27.3. The molecule has 2 aromatic rings. The average Bonchev–Trinajstić information content (AvgIpc) is 3.54. The fraction of sp³-hybridized carbons (Fsp3) is 0.407. The van der Waals surface area contributed by atoms with Crippen LogP contribution in [0.5, 0.6) is 0 Å². The Morgan fingerprint density at radius 3 is 2.64 bits per heavy atom. The van der Waals surface area contributed by atoms with Crippen LogP contribution in [-0.4, -0.2) is 47.7 Å². The lowest BCUT2D eigenvalue weighted by molar-refractivity contribution is -0.137. The van der Waals surface area contributed by atoms with Crippen molar-refractivity contribution in [2.45, 2.75) is 45.1 Å². The molecule has 36 heavy (non-hydrogen) atoms. The van der Waals surface area contributed by atoms with E-state index in [0.717, 1.165) is 10.9 Å². The van der Waals surface area contributed by atoms with Crippen molar-refractivity contribution in [2.75, 3.05) is 13.2 Å². The highest BCUT2D eigenvalue weighted by Gasteiger charge is 2.29. The molecule has 1 saturated heterocycles. The molecule has 8 nitrogen and oxygen atoms in total. The summed E-state index contributed by atoms with van der Waals surface area (Å²) in [6.45, 7) is 2.80. The second-order valence-corrected chi connectivity index (χ2v) is 9.67. The van der Waals surface area contributed by atoms with E-state index in [4.69, 9.17) is 4.74 Å². The van der Waals surface area contributed by atoms with E-state index in [1.165, 1.54) is 6.08 Å². The summed E-state index contributed by atoms with van der Waals surface area (Å²) in [6.07, 6.45) is 6.67. The Morgan fingerprint density at radius 2 is 2.00 bits per heavy atom. The molecule has 0 bridgehead atoms. The Morgan fingerprint density at radius 1 is 1.22 bits per heavy atom. The van der Waals surface area contributed by atoms with Gasteiger partial charge in [0.05, 0.1) is 12.3 Å². The van der Waals surface area contributed by atoms with Crippen LogP contribution in [0.25, 0.3) is 0 Å². The predicted octanol–water partition coefficient (Wildman–Crippen LogP) is 2.47. The van der Waals surface area contributed by atoms with Crippen molar-refractivity contribution < 1.29 is 23.9 Å². The van der Waals surface area contributed by atoms with Gasteiger partial charge in [-0.3, -0.25) is 14.4 Å². The van der Waals surface area contributed by atoms with Crippen molar-refractivity contribution >= 4 is 38.1 Å². The Bertz CT molecular complexity index is 1070. The maximum atomic E-state index is 13.5. The van der Waals surface area contributed by atoms with E-state index in [1.807, 2.05) is 31.2 Å². The average molecular weight is 512 g/mol. The first-order chi connectivity index (χ1) is 17.4. The molecule has 3 rings (SSSR count). The van der Waals surface area contributed by atoms with Crippen molar-refractivity contribution in [2.24, 2.45) is 11.8 Å². The van der Waals surface area contributed by atoms with Crippen LogP contribution in [0.4, 0.5) is 0 Å². The van der Waals surface area contributed by atoms with Gasteiger partial charge in [0.25, 0.3) is 0 Å². The van der Waals surface area contributed by atoms with Crippen LogP contribution >= 0.6 is 9.24 Å². The fourth-order valence-electron chi connectivity index (χ4n) is 4.14. The molecule has 1 aliphatic heterocycles. The minimum atomic E-state index is -0.628. The standard InChI is InChI=1S/C27H34N3O5P/c1-2-14-35-25(32)10-7-21(16-19-11-13-29-26(19)33)30-27(34)20(15-18-5-8-22(36)9-6-18)17-24(31)23-4-3-12-28-23/h3-10,12,19-21,28H,2,11,13-17,36H2,1H3,(H,29,33)(H,30,34)/b10-7+. The van der Waals surface area contributed by atoms with Crippen molar-refractivity contribution in [3.63, 3.8) is 0 Å². The number of carbonyl (C=O) groups excluding carboxylic acids is 4. The number of ketones is 1. The molecular formula is C27H34N3O5P. The number of hydrogen-bond donors (Lipinski definition) is 3. The highest BCUT2D eigenvalue weighted by molar-refractivity contribution is 7.27. The zero-order valence-corrected chi connectivity index (χ0v) is 21.7. The van der Waals surface area contributed by atoms with Crippen LogP contribution in [0.15, 0.2) is 54.7 Å². The van der Waals surface area contributed by atoms with Crippen LogP contribution in [0.3, 0.4) is 0 Å². The number of ether oxygens (including phenoxy) is 1. The minimum Gasteiger partial charge on any atom is -0.463 e. The molecule has 0 aliphatic carbocycles. The molecule has 3 N–H and O–H groups in total. The summed E-state index contributed by atoms with van der Waals surface area (Å²) >= 11 is 0. The van der Waals surface area contributed by atoms with Crippen LogP contribution < -0.4 is 15.9 Å². The summed E-state index contributed by atoms with van der Waals surface area (Å²) in [5, 5.41) is 6.81. The van der Waals surface area contributed by atoms with Gasteiger partial charge in [0.1, 0.15) is 0 Å². The van der Waals surface area contributed by atoms with E-state index < -0.39 is 17.9 Å². The number of hydrogen-bond acceptors (Lipinski definition) is 5. The Kier molecular flexibility index (Phi) is 10.4. The lowest BCUT2D eigenvalue weighted by Gasteiger charge is -2.22. The molecule has 1 fully saturated rings. The third-order valence-corrected chi connectivity index (χ3v) is 6.49. The first-order valence-corrected chi connectivity index (χ1v) is 12.9. The molecule has 4 unspecified atom stereocenters. The number of H-pyrrole nitrogens is 1. The molecular weight excluding hydrogens is 477 g/mol. The Labute approximate surface area is 213 Å². The molecule has 2 amide bonds. The van der Waals surface area contributed by atoms with Crippen molar-refractivity contribution in [3.05, 3.63) is 66.0 Å². The second-order valence-electron chi connectivity index (χ2n) is 9.01. The van der Waals surface area contributed by atoms with Crippen LogP contribution in [0.2, 0.25) is 0 Å². The van der Waals surface area contributed by atoms with Crippen LogP contribution in [-0.2, 0) is 25.5 Å². The SMILES string of the molecule is CCCOC(=O)/C=C/C(CC1CCNC1=O)NC(=O)C(CC(=O)c1ccc[nH]1)Cc1ccc(P)cc1. The molecule has 1 aliphatic rings. The summed E-state index contributed by atoms with van der Waals surface area (Å²) in [5.41, 5.74) is 1.39. The van der Waals surface area contributed by atoms with Gasteiger partial charge in [-0.05, 0) is 48.7 Å². The number of aromatic amines is 1. The van der Waals surface area contributed by atoms with E-state index in [-0.39, 0.29) is 29.9 Å². The number of Topliss-reactive ketones (excluding diaryl/α,β-unsaturated/α-hetero) is 1. The highest BCUT2D eigenvalue weighted by atomic mass is 31.0. The molecule has 4 atom stereocenters. The van der Waals surface area contributed by atoms with E-state index >= 15 is 0 Å². The van der Waals surface area contributed by atoms with Gasteiger partial charge >= 0.3 is 5.97 Å². The minimum absolute atomic E-state index is 0.0217. The van der Waals surface area contributed by atoms with Gasteiger partial charge in [-0.2, -0.15) is 0 Å². The number of esters is 1. The van der Waals surface area contributed by atoms with Gasteiger partial charge in [0.15, 0.2) is 5.78 Å². The highest BCUT2D eigenvalue weighted by Crippen LogP contribution is 2.20. The summed E-state index contributed by atoms with van der Waals surface area (Å²) in [6, 6.07) is 10.6. The zero-order chi connectivity index (χ0) is 25.9. The lowest BCUT2D eigenvalue weighted by atomic mass is 9.91. The normalized spacial score (nSPS) is 16.9.